The van der Waals surface area contributed by atoms with Gasteiger partial charge >= 0.3 is 0 Å². The van der Waals surface area contributed by atoms with Gasteiger partial charge in [0.05, 0.1) is 0 Å². The average molecular weight is 262 g/mol. The van der Waals surface area contributed by atoms with Crippen LogP contribution < -0.4 is 5.32 Å². The van der Waals surface area contributed by atoms with E-state index < -0.39 is 0 Å². The van der Waals surface area contributed by atoms with Gasteiger partial charge in [0.1, 0.15) is 5.82 Å². The molecule has 1 fully saturated rings. The van der Waals surface area contributed by atoms with Crippen LogP contribution in [0.25, 0.3) is 0 Å². The fourth-order valence-electron chi connectivity index (χ4n) is 2.19. The first-order valence-corrected chi connectivity index (χ1v) is 7.18. The van der Waals surface area contributed by atoms with Crippen LogP contribution in [0.15, 0.2) is 12.1 Å². The van der Waals surface area contributed by atoms with Crippen LogP contribution in [0.4, 0.5) is 5.82 Å². The Balaban J connectivity index is 1.91. The third-order valence-corrected chi connectivity index (χ3v) is 3.36. The molecule has 0 radical (unpaired) electrons. The fraction of sp³-hybridized carbons (Fsp3) is 0.643. The molecule has 0 aliphatic carbocycles. The summed E-state index contributed by atoms with van der Waals surface area (Å²) in [4.78, 5) is 14.0. The first-order valence-electron chi connectivity index (χ1n) is 7.18. The van der Waals surface area contributed by atoms with Crippen LogP contribution in [0.2, 0.25) is 0 Å². The molecule has 2 rings (SSSR count). The number of hydrogen-bond donors (Lipinski definition) is 1. The van der Waals surface area contributed by atoms with Crippen LogP contribution in [-0.2, 0) is 0 Å². The lowest BCUT2D eigenvalue weighted by Gasteiger charge is -2.26. The molecule has 1 saturated heterocycles. The molecule has 0 spiro atoms. The van der Waals surface area contributed by atoms with Crippen molar-refractivity contribution in [3.63, 3.8) is 0 Å². The molecule has 0 atom stereocenters. The summed E-state index contributed by atoms with van der Waals surface area (Å²) in [5.74, 6) is 0.746. The summed E-state index contributed by atoms with van der Waals surface area (Å²) in [5.41, 5.74) is 0.447. The van der Waals surface area contributed by atoms with Crippen LogP contribution in [0, 0.1) is 0 Å². The van der Waals surface area contributed by atoms with Gasteiger partial charge in [0.15, 0.2) is 5.69 Å². The highest BCUT2D eigenvalue weighted by atomic mass is 16.2. The molecule has 0 unspecified atom stereocenters. The van der Waals surface area contributed by atoms with Crippen molar-refractivity contribution >= 4 is 11.7 Å². The van der Waals surface area contributed by atoms with E-state index in [1.165, 1.54) is 6.42 Å². The molecule has 0 aromatic carbocycles. The monoisotopic (exact) mass is 262 g/mol. The second-order valence-electron chi connectivity index (χ2n) is 4.94. The van der Waals surface area contributed by atoms with E-state index in [2.05, 4.69) is 22.4 Å². The number of carbonyl (C=O) groups is 1. The third-order valence-electron chi connectivity index (χ3n) is 3.36. The molecule has 2 heterocycles. The van der Waals surface area contributed by atoms with Gasteiger partial charge in [-0.2, -0.15) is 0 Å². The zero-order valence-electron chi connectivity index (χ0n) is 11.6. The van der Waals surface area contributed by atoms with Crippen LogP contribution in [0.1, 0.15) is 49.5 Å². The topological polar surface area (TPSA) is 58.1 Å². The maximum Gasteiger partial charge on any atom is 0.274 e. The number of nitrogens with zero attached hydrogens (tertiary/aromatic N) is 3. The predicted molar refractivity (Wildman–Crippen MR) is 75.2 cm³/mol. The van der Waals surface area contributed by atoms with E-state index in [9.17, 15) is 4.79 Å². The summed E-state index contributed by atoms with van der Waals surface area (Å²) in [7, 11) is 0. The second-order valence-corrected chi connectivity index (χ2v) is 4.94. The Morgan fingerprint density at radius 1 is 1.26 bits per heavy atom. The van der Waals surface area contributed by atoms with Crippen molar-refractivity contribution < 1.29 is 4.79 Å². The van der Waals surface area contributed by atoms with Crippen molar-refractivity contribution in [3.8, 4) is 0 Å². The van der Waals surface area contributed by atoms with E-state index in [0.29, 0.717) is 5.69 Å². The van der Waals surface area contributed by atoms with Crippen LogP contribution >= 0.6 is 0 Å². The van der Waals surface area contributed by atoms with Crippen molar-refractivity contribution in [2.75, 3.05) is 25.0 Å². The number of aromatic nitrogens is 2. The molecule has 1 aliphatic rings. The Morgan fingerprint density at radius 3 is 2.68 bits per heavy atom. The van der Waals surface area contributed by atoms with E-state index in [1.807, 2.05) is 11.0 Å². The van der Waals surface area contributed by atoms with Crippen molar-refractivity contribution in [1.29, 1.82) is 0 Å². The van der Waals surface area contributed by atoms with Gasteiger partial charge in [-0.15, -0.1) is 10.2 Å². The number of amides is 1. The van der Waals surface area contributed by atoms with Gasteiger partial charge < -0.3 is 10.2 Å². The highest BCUT2D eigenvalue weighted by Gasteiger charge is 2.19. The lowest BCUT2D eigenvalue weighted by Crippen LogP contribution is -2.36. The highest BCUT2D eigenvalue weighted by Crippen LogP contribution is 2.12. The molecule has 19 heavy (non-hydrogen) atoms. The third kappa shape index (κ3) is 3.91. The molecule has 104 valence electrons. The van der Waals surface area contributed by atoms with Gasteiger partial charge in [-0.05, 0) is 37.8 Å². The van der Waals surface area contributed by atoms with E-state index in [0.717, 1.165) is 51.1 Å². The minimum Gasteiger partial charge on any atom is -0.369 e. The largest absolute Gasteiger partial charge is 0.369 e. The van der Waals surface area contributed by atoms with E-state index in [4.69, 9.17) is 0 Å². The molecule has 0 saturated carbocycles. The number of nitrogens with one attached hydrogen (secondary N) is 1. The molecule has 1 aromatic rings. The second kappa shape index (κ2) is 7.07. The Labute approximate surface area is 114 Å². The minimum absolute atomic E-state index is 0.00677. The molecule has 0 bridgehead atoms. The van der Waals surface area contributed by atoms with Gasteiger partial charge in [0.25, 0.3) is 5.91 Å². The van der Waals surface area contributed by atoms with Gasteiger partial charge in [0, 0.05) is 19.6 Å². The lowest BCUT2D eigenvalue weighted by molar-refractivity contribution is 0.0717. The quantitative estimate of drug-likeness (QED) is 0.827. The van der Waals surface area contributed by atoms with Gasteiger partial charge in [-0.1, -0.05) is 13.3 Å². The fourth-order valence-corrected chi connectivity index (χ4v) is 2.19. The van der Waals surface area contributed by atoms with Crippen LogP contribution in [-0.4, -0.2) is 40.6 Å². The number of likely N-dealkylation sites (tertiary alicyclic amines) is 1. The van der Waals surface area contributed by atoms with Crippen molar-refractivity contribution in [2.45, 2.75) is 39.0 Å². The Hall–Kier alpha value is -1.65. The molecule has 1 amide bonds. The molecule has 5 nitrogen and oxygen atoms in total. The molecule has 1 aliphatic heterocycles. The lowest BCUT2D eigenvalue weighted by atomic mass is 10.1. The summed E-state index contributed by atoms with van der Waals surface area (Å²) in [6.07, 6.45) is 5.66. The van der Waals surface area contributed by atoms with E-state index in [1.54, 1.807) is 6.07 Å². The number of hydrogen-bond acceptors (Lipinski definition) is 4. The Kier molecular flexibility index (Phi) is 5.12. The number of anilines is 1. The van der Waals surface area contributed by atoms with Crippen molar-refractivity contribution in [2.24, 2.45) is 0 Å². The number of piperidine rings is 1. The predicted octanol–water partition coefficient (Wildman–Crippen LogP) is 2.31. The number of carbonyl (C=O) groups excluding carboxylic acids is 1. The summed E-state index contributed by atoms with van der Waals surface area (Å²) >= 11 is 0. The van der Waals surface area contributed by atoms with Crippen molar-refractivity contribution in [3.05, 3.63) is 17.8 Å². The first kappa shape index (κ1) is 13.8. The number of rotatable bonds is 5. The summed E-state index contributed by atoms with van der Waals surface area (Å²) in [6, 6.07) is 3.60. The van der Waals surface area contributed by atoms with Crippen LogP contribution in [0.5, 0.6) is 0 Å². The summed E-state index contributed by atoms with van der Waals surface area (Å²) < 4.78 is 0. The van der Waals surface area contributed by atoms with Gasteiger partial charge in [-0.3, -0.25) is 4.79 Å². The normalized spacial score (nSPS) is 15.3. The zero-order valence-corrected chi connectivity index (χ0v) is 11.6. The highest BCUT2D eigenvalue weighted by molar-refractivity contribution is 5.92. The van der Waals surface area contributed by atoms with E-state index >= 15 is 0 Å². The Bertz CT molecular complexity index is 398. The molecular weight excluding hydrogens is 240 g/mol. The van der Waals surface area contributed by atoms with Crippen molar-refractivity contribution in [1.82, 2.24) is 15.1 Å². The first-order chi connectivity index (χ1) is 9.31. The van der Waals surface area contributed by atoms with Gasteiger partial charge in [-0.25, -0.2) is 0 Å². The smallest absolute Gasteiger partial charge is 0.274 e. The molecular formula is C14H22N4O. The molecule has 5 heteroatoms. The minimum atomic E-state index is 0.00677. The van der Waals surface area contributed by atoms with E-state index in [-0.39, 0.29) is 5.91 Å². The molecule has 1 aromatic heterocycles. The average Bonchev–Trinajstić information content (AvgIpc) is 2.48. The van der Waals surface area contributed by atoms with Crippen LogP contribution in [0.3, 0.4) is 0 Å². The maximum atomic E-state index is 12.2. The summed E-state index contributed by atoms with van der Waals surface area (Å²) in [6.45, 7) is 4.73. The van der Waals surface area contributed by atoms with Gasteiger partial charge in [0.2, 0.25) is 0 Å². The SMILES string of the molecule is CCCCNc1ccc(C(=O)N2CCCCC2)nn1. The standard InChI is InChI=1S/C14H22N4O/c1-2-3-9-15-13-8-7-12(16-17-13)14(19)18-10-5-4-6-11-18/h7-8H,2-6,9-11H2,1H3,(H,15,17). The summed E-state index contributed by atoms with van der Waals surface area (Å²) in [5, 5.41) is 11.3. The maximum absolute atomic E-state index is 12.2. The molecule has 1 N–H and O–H groups in total. The zero-order chi connectivity index (χ0) is 13.5. The Morgan fingerprint density at radius 2 is 2.05 bits per heavy atom. The number of unbranched alkanes of at least 4 members (excludes halogenated alkanes) is 1.